The Hall–Kier alpha value is -0.530. The van der Waals surface area contributed by atoms with Crippen LogP contribution in [0, 0.1) is 11.8 Å². The van der Waals surface area contributed by atoms with Gasteiger partial charge in [0.05, 0.1) is 6.04 Å². The molecule has 6 heteroatoms. The minimum absolute atomic E-state index is 0. The summed E-state index contributed by atoms with van der Waals surface area (Å²) in [6, 6.07) is 8.15. The molecule has 0 spiro atoms. The topological polar surface area (TPSA) is 39.7 Å². The summed E-state index contributed by atoms with van der Waals surface area (Å²) in [5.74, 6) is 2.29. The van der Waals surface area contributed by atoms with Gasteiger partial charge >= 0.3 is 0 Å². The molecule has 0 aliphatic carbocycles. The lowest BCUT2D eigenvalue weighted by molar-refractivity contribution is 0.159. The molecule has 1 saturated heterocycles. The summed E-state index contributed by atoms with van der Waals surface area (Å²) in [4.78, 5) is 6.98. The number of hydrogen-bond donors (Lipinski definition) is 2. The highest BCUT2D eigenvalue weighted by Crippen LogP contribution is 2.18. The van der Waals surface area contributed by atoms with Gasteiger partial charge in [-0.2, -0.15) is 0 Å². The fourth-order valence-corrected chi connectivity index (χ4v) is 3.60. The molecule has 1 fully saturated rings. The molecule has 1 aromatic rings. The number of hydrogen-bond acceptors (Lipinski definition) is 2. The summed E-state index contributed by atoms with van der Waals surface area (Å²) in [7, 11) is 1.83. The minimum Gasteiger partial charge on any atom is -0.356 e. The van der Waals surface area contributed by atoms with Crippen LogP contribution in [0.2, 0.25) is 5.02 Å². The molecule has 0 amide bonds. The number of aliphatic imine (C=N–C) groups is 1. The third kappa shape index (κ3) is 8.01. The third-order valence-corrected chi connectivity index (χ3v) is 4.98. The molecule has 1 aliphatic rings. The first-order valence-electron chi connectivity index (χ1n) is 9.43. The fourth-order valence-electron chi connectivity index (χ4n) is 3.48. The van der Waals surface area contributed by atoms with E-state index < -0.39 is 0 Å². The van der Waals surface area contributed by atoms with Crippen molar-refractivity contribution in [3.8, 4) is 0 Å². The van der Waals surface area contributed by atoms with E-state index in [0.717, 1.165) is 23.4 Å². The Morgan fingerprint density at radius 2 is 1.96 bits per heavy atom. The van der Waals surface area contributed by atoms with Crippen LogP contribution >= 0.6 is 35.6 Å². The molecule has 2 N–H and O–H groups in total. The Morgan fingerprint density at radius 1 is 1.27 bits per heavy atom. The van der Waals surface area contributed by atoms with E-state index in [1.165, 1.54) is 38.0 Å². The zero-order valence-corrected chi connectivity index (χ0v) is 19.6. The SMILES string of the molecule is CN=C(NCC1CCCN(CC(C)C)C1)NC(C)c1ccc(Cl)cc1.I. The number of guanidine groups is 1. The van der Waals surface area contributed by atoms with Gasteiger partial charge in [-0.25, -0.2) is 0 Å². The van der Waals surface area contributed by atoms with Gasteiger partial charge in [0.25, 0.3) is 0 Å². The molecular formula is C20H34ClIN4. The first-order valence-corrected chi connectivity index (χ1v) is 9.80. The van der Waals surface area contributed by atoms with Gasteiger partial charge < -0.3 is 15.5 Å². The van der Waals surface area contributed by atoms with Gasteiger partial charge in [-0.05, 0) is 55.8 Å². The Labute approximate surface area is 181 Å². The Balaban J connectivity index is 0.00000338. The predicted octanol–water partition coefficient (Wildman–Crippen LogP) is 4.55. The molecule has 4 nitrogen and oxygen atoms in total. The summed E-state index contributed by atoms with van der Waals surface area (Å²) in [6.07, 6.45) is 2.59. The van der Waals surface area contributed by atoms with E-state index in [-0.39, 0.29) is 30.0 Å². The van der Waals surface area contributed by atoms with Crippen LogP contribution in [-0.2, 0) is 0 Å². The molecule has 148 valence electrons. The zero-order chi connectivity index (χ0) is 18.2. The van der Waals surface area contributed by atoms with Gasteiger partial charge in [0.15, 0.2) is 5.96 Å². The van der Waals surface area contributed by atoms with Crippen molar-refractivity contribution in [2.75, 3.05) is 33.2 Å². The highest BCUT2D eigenvalue weighted by atomic mass is 127. The standard InChI is InChI=1S/C20H33ClN4.HI/c1-15(2)13-25-11-5-6-17(14-25)12-23-20(22-4)24-16(3)18-7-9-19(21)10-8-18;/h7-10,15-17H,5-6,11-14H2,1-4H3,(H2,22,23,24);1H. The van der Waals surface area contributed by atoms with Gasteiger partial charge in [0, 0.05) is 31.7 Å². The number of likely N-dealkylation sites (tertiary alicyclic amines) is 1. The molecule has 2 rings (SSSR count). The molecule has 1 aromatic carbocycles. The normalized spacial score (nSPS) is 19.8. The summed E-state index contributed by atoms with van der Waals surface area (Å²) < 4.78 is 0. The second-order valence-corrected chi connectivity index (χ2v) is 7.97. The molecule has 2 unspecified atom stereocenters. The van der Waals surface area contributed by atoms with Crippen molar-refractivity contribution in [3.05, 3.63) is 34.9 Å². The second kappa shape index (κ2) is 12.0. The monoisotopic (exact) mass is 492 g/mol. The van der Waals surface area contributed by atoms with Crippen LogP contribution in [0.4, 0.5) is 0 Å². The van der Waals surface area contributed by atoms with Crippen molar-refractivity contribution < 1.29 is 0 Å². The molecule has 26 heavy (non-hydrogen) atoms. The first-order chi connectivity index (χ1) is 12.0. The lowest BCUT2D eigenvalue weighted by Crippen LogP contribution is -2.45. The van der Waals surface area contributed by atoms with E-state index in [1.807, 2.05) is 19.2 Å². The third-order valence-electron chi connectivity index (χ3n) is 4.73. The maximum absolute atomic E-state index is 5.97. The second-order valence-electron chi connectivity index (χ2n) is 7.53. The quantitative estimate of drug-likeness (QED) is 0.348. The minimum atomic E-state index is 0. The summed E-state index contributed by atoms with van der Waals surface area (Å²) in [6.45, 7) is 11.3. The number of benzene rings is 1. The lowest BCUT2D eigenvalue weighted by Gasteiger charge is -2.34. The smallest absolute Gasteiger partial charge is 0.191 e. The van der Waals surface area contributed by atoms with Crippen LogP contribution in [0.3, 0.4) is 0 Å². The molecule has 0 aromatic heterocycles. The maximum Gasteiger partial charge on any atom is 0.191 e. The Bertz CT molecular complexity index is 547. The fraction of sp³-hybridized carbons (Fsp3) is 0.650. The van der Waals surface area contributed by atoms with Gasteiger partial charge in [-0.3, -0.25) is 4.99 Å². The van der Waals surface area contributed by atoms with Crippen molar-refractivity contribution in [3.63, 3.8) is 0 Å². The molecule has 0 radical (unpaired) electrons. The van der Waals surface area contributed by atoms with Crippen molar-refractivity contribution in [1.29, 1.82) is 0 Å². The number of rotatable bonds is 6. The predicted molar refractivity (Wildman–Crippen MR) is 124 cm³/mol. The van der Waals surface area contributed by atoms with Crippen LogP contribution in [0.5, 0.6) is 0 Å². The van der Waals surface area contributed by atoms with Crippen molar-refractivity contribution in [2.45, 2.75) is 39.7 Å². The van der Waals surface area contributed by atoms with Gasteiger partial charge in [-0.1, -0.05) is 37.6 Å². The van der Waals surface area contributed by atoms with E-state index in [4.69, 9.17) is 11.6 Å². The Morgan fingerprint density at radius 3 is 2.58 bits per heavy atom. The van der Waals surface area contributed by atoms with Crippen LogP contribution in [0.15, 0.2) is 29.3 Å². The van der Waals surface area contributed by atoms with E-state index in [1.54, 1.807) is 0 Å². The van der Waals surface area contributed by atoms with Crippen LogP contribution in [0.25, 0.3) is 0 Å². The number of nitrogens with zero attached hydrogens (tertiary/aromatic N) is 2. The molecule has 0 saturated carbocycles. The lowest BCUT2D eigenvalue weighted by atomic mass is 9.97. The van der Waals surface area contributed by atoms with Crippen LogP contribution in [0.1, 0.15) is 45.2 Å². The van der Waals surface area contributed by atoms with Gasteiger partial charge in [0.1, 0.15) is 0 Å². The Kier molecular flexibility index (Phi) is 10.9. The maximum atomic E-state index is 5.97. The molecular weight excluding hydrogens is 459 g/mol. The zero-order valence-electron chi connectivity index (χ0n) is 16.5. The van der Waals surface area contributed by atoms with Gasteiger partial charge in [-0.15, -0.1) is 24.0 Å². The van der Waals surface area contributed by atoms with Gasteiger partial charge in [0.2, 0.25) is 0 Å². The van der Waals surface area contributed by atoms with Crippen molar-refractivity contribution in [2.24, 2.45) is 16.8 Å². The summed E-state index contributed by atoms with van der Waals surface area (Å²) >= 11 is 5.97. The number of nitrogens with one attached hydrogen (secondary N) is 2. The number of piperidine rings is 1. The molecule has 2 atom stereocenters. The largest absolute Gasteiger partial charge is 0.356 e. The van der Waals surface area contributed by atoms with E-state index >= 15 is 0 Å². The van der Waals surface area contributed by atoms with E-state index in [0.29, 0.717) is 5.92 Å². The average Bonchev–Trinajstić information content (AvgIpc) is 2.58. The van der Waals surface area contributed by atoms with E-state index in [9.17, 15) is 0 Å². The molecule has 1 aliphatic heterocycles. The van der Waals surface area contributed by atoms with Crippen molar-refractivity contribution in [1.82, 2.24) is 15.5 Å². The molecule has 1 heterocycles. The first kappa shape index (κ1) is 23.5. The summed E-state index contributed by atoms with van der Waals surface area (Å²) in [5, 5.41) is 7.74. The van der Waals surface area contributed by atoms with Crippen LogP contribution in [-0.4, -0.2) is 44.1 Å². The average molecular weight is 493 g/mol. The van der Waals surface area contributed by atoms with Crippen molar-refractivity contribution >= 4 is 41.5 Å². The molecule has 0 bridgehead atoms. The van der Waals surface area contributed by atoms with Crippen LogP contribution < -0.4 is 10.6 Å². The highest BCUT2D eigenvalue weighted by molar-refractivity contribution is 14.0. The number of halogens is 2. The van der Waals surface area contributed by atoms with E-state index in [2.05, 4.69) is 53.4 Å². The highest BCUT2D eigenvalue weighted by Gasteiger charge is 2.20. The summed E-state index contributed by atoms with van der Waals surface area (Å²) in [5.41, 5.74) is 1.20.